The van der Waals surface area contributed by atoms with Crippen molar-refractivity contribution in [1.29, 1.82) is 0 Å². The summed E-state index contributed by atoms with van der Waals surface area (Å²) in [6.07, 6.45) is 4.61. The number of rotatable bonds is 6. The lowest BCUT2D eigenvalue weighted by molar-refractivity contribution is -0.125. The molecule has 5 nitrogen and oxygen atoms in total. The number of nitrogens with two attached hydrogens (primary N) is 1. The quantitative estimate of drug-likeness (QED) is 0.839. The van der Waals surface area contributed by atoms with E-state index in [0.29, 0.717) is 5.25 Å². The van der Waals surface area contributed by atoms with Gasteiger partial charge in [-0.1, -0.05) is 25.6 Å². The summed E-state index contributed by atoms with van der Waals surface area (Å²) in [4.78, 5) is 16.3. The minimum absolute atomic E-state index is 0.226. The minimum atomic E-state index is -0.539. The molecule has 3 N–H and O–H groups in total. The average Bonchev–Trinajstić information content (AvgIpc) is 2.87. The zero-order valence-corrected chi connectivity index (χ0v) is 13.6. The van der Waals surface area contributed by atoms with Crippen molar-refractivity contribution in [3.63, 3.8) is 0 Å². The molecular weight excluding hydrogens is 292 g/mol. The fourth-order valence-electron chi connectivity index (χ4n) is 2.71. The SMILES string of the molecule is CCNC1(C(N)=O)CCCC(Sc2nc(CC)ns2)C1. The Hall–Kier alpha value is -0.660. The lowest BCUT2D eigenvalue weighted by atomic mass is 9.80. The molecule has 7 heteroatoms. The van der Waals surface area contributed by atoms with Gasteiger partial charge in [0.15, 0.2) is 4.34 Å². The number of carbonyl (C=O) groups is 1. The second-order valence-corrected chi connectivity index (χ2v) is 7.44. The van der Waals surface area contributed by atoms with Crippen LogP contribution in [0.25, 0.3) is 0 Å². The Morgan fingerprint density at radius 1 is 1.60 bits per heavy atom. The number of nitrogens with one attached hydrogen (secondary N) is 1. The number of primary amides is 1. The first-order valence-corrected chi connectivity index (χ1v) is 8.79. The van der Waals surface area contributed by atoms with Gasteiger partial charge in [0.05, 0.1) is 5.54 Å². The summed E-state index contributed by atoms with van der Waals surface area (Å²) in [7, 11) is 0. The summed E-state index contributed by atoms with van der Waals surface area (Å²) >= 11 is 3.20. The molecule has 0 spiro atoms. The van der Waals surface area contributed by atoms with Gasteiger partial charge < -0.3 is 11.1 Å². The molecular formula is C13H22N4OS2. The summed E-state index contributed by atoms with van der Waals surface area (Å²) in [5.41, 5.74) is 5.09. The third-order valence-corrected chi connectivity index (χ3v) is 5.82. The van der Waals surface area contributed by atoms with Crippen LogP contribution in [0.5, 0.6) is 0 Å². The van der Waals surface area contributed by atoms with Crippen LogP contribution < -0.4 is 11.1 Å². The monoisotopic (exact) mass is 314 g/mol. The maximum absolute atomic E-state index is 11.8. The van der Waals surface area contributed by atoms with Gasteiger partial charge in [-0.2, -0.15) is 4.37 Å². The van der Waals surface area contributed by atoms with E-state index in [-0.39, 0.29) is 5.91 Å². The van der Waals surface area contributed by atoms with Crippen molar-refractivity contribution in [1.82, 2.24) is 14.7 Å². The van der Waals surface area contributed by atoms with Gasteiger partial charge in [-0.25, -0.2) is 4.98 Å². The number of hydrogen-bond donors (Lipinski definition) is 2. The van der Waals surface area contributed by atoms with Crippen LogP contribution in [-0.4, -0.2) is 32.6 Å². The number of likely N-dealkylation sites (N-methyl/N-ethyl adjacent to an activating group) is 1. The zero-order chi connectivity index (χ0) is 14.6. The second-order valence-electron chi connectivity index (χ2n) is 5.14. The molecule has 20 heavy (non-hydrogen) atoms. The molecule has 1 aromatic rings. The van der Waals surface area contributed by atoms with Crippen LogP contribution in [0.3, 0.4) is 0 Å². The van der Waals surface area contributed by atoms with E-state index in [1.807, 2.05) is 6.92 Å². The van der Waals surface area contributed by atoms with Gasteiger partial charge in [0.2, 0.25) is 5.91 Å². The highest BCUT2D eigenvalue weighted by atomic mass is 32.2. The molecule has 2 unspecified atom stereocenters. The number of thioether (sulfide) groups is 1. The molecule has 0 aliphatic heterocycles. The number of aromatic nitrogens is 2. The summed E-state index contributed by atoms with van der Waals surface area (Å²) in [6.45, 7) is 4.83. The van der Waals surface area contributed by atoms with Gasteiger partial charge in [-0.3, -0.25) is 4.79 Å². The van der Waals surface area contributed by atoms with Gasteiger partial charge in [0.25, 0.3) is 0 Å². The molecule has 1 saturated carbocycles. The zero-order valence-electron chi connectivity index (χ0n) is 12.0. The summed E-state index contributed by atoms with van der Waals surface area (Å²) in [5.74, 6) is 0.678. The first-order valence-electron chi connectivity index (χ1n) is 7.14. The molecule has 1 aliphatic rings. The standard InChI is InChI=1S/C13H22N4OS2/c1-3-10-16-12(20-17-10)19-9-6-5-7-13(8-9,11(14)18)15-4-2/h9,15H,3-8H2,1-2H3,(H2,14,18). The van der Waals surface area contributed by atoms with Crippen LogP contribution >= 0.6 is 23.3 Å². The van der Waals surface area contributed by atoms with Gasteiger partial charge in [0, 0.05) is 11.7 Å². The first-order chi connectivity index (χ1) is 9.59. The van der Waals surface area contributed by atoms with Crippen LogP contribution in [-0.2, 0) is 11.2 Å². The van der Waals surface area contributed by atoms with E-state index in [1.54, 1.807) is 11.8 Å². The van der Waals surface area contributed by atoms with Crippen LogP contribution in [0.2, 0.25) is 0 Å². The van der Waals surface area contributed by atoms with E-state index in [2.05, 4.69) is 21.6 Å². The highest BCUT2D eigenvalue weighted by molar-refractivity contribution is 8.01. The van der Waals surface area contributed by atoms with E-state index in [0.717, 1.165) is 48.8 Å². The smallest absolute Gasteiger partial charge is 0.237 e. The van der Waals surface area contributed by atoms with Gasteiger partial charge in [-0.15, -0.1) is 0 Å². The Balaban J connectivity index is 2.03. The third-order valence-electron chi connectivity index (χ3n) is 3.73. The highest BCUT2D eigenvalue weighted by Crippen LogP contribution is 2.38. The van der Waals surface area contributed by atoms with Crippen molar-refractivity contribution in [2.45, 2.75) is 61.1 Å². The molecule has 2 rings (SSSR count). The van der Waals surface area contributed by atoms with Crippen LogP contribution in [0.15, 0.2) is 4.34 Å². The maximum Gasteiger partial charge on any atom is 0.237 e. The van der Waals surface area contributed by atoms with E-state index in [9.17, 15) is 4.79 Å². The maximum atomic E-state index is 11.8. The van der Waals surface area contributed by atoms with Crippen molar-refractivity contribution in [3.8, 4) is 0 Å². The normalized spacial score (nSPS) is 26.6. The molecule has 0 aromatic carbocycles. The van der Waals surface area contributed by atoms with Crippen molar-refractivity contribution in [2.75, 3.05) is 6.54 Å². The fraction of sp³-hybridized carbons (Fsp3) is 0.769. The van der Waals surface area contributed by atoms with E-state index in [4.69, 9.17) is 5.73 Å². The lowest BCUT2D eigenvalue weighted by Crippen LogP contribution is -2.58. The third kappa shape index (κ3) is 3.51. The molecule has 0 bridgehead atoms. The number of carbonyl (C=O) groups excluding carboxylic acids is 1. The first kappa shape index (κ1) is 15.7. The average molecular weight is 314 g/mol. The topological polar surface area (TPSA) is 80.9 Å². The fourth-order valence-corrected chi connectivity index (χ4v) is 4.99. The lowest BCUT2D eigenvalue weighted by Gasteiger charge is -2.38. The Morgan fingerprint density at radius 3 is 3.00 bits per heavy atom. The summed E-state index contributed by atoms with van der Waals surface area (Å²) in [6, 6.07) is 0. The van der Waals surface area contributed by atoms with Crippen LogP contribution in [0, 0.1) is 0 Å². The molecule has 112 valence electrons. The number of amides is 1. The number of nitrogens with zero attached hydrogens (tertiary/aromatic N) is 2. The molecule has 2 atom stereocenters. The molecule has 1 amide bonds. The van der Waals surface area contributed by atoms with Gasteiger partial charge in [-0.05, 0) is 43.8 Å². The van der Waals surface area contributed by atoms with Gasteiger partial charge >= 0.3 is 0 Å². The number of hydrogen-bond acceptors (Lipinski definition) is 6. The highest BCUT2D eigenvalue weighted by Gasteiger charge is 2.41. The predicted molar refractivity (Wildman–Crippen MR) is 83.0 cm³/mol. The Kier molecular flexibility index (Phi) is 5.40. The molecule has 1 heterocycles. The summed E-state index contributed by atoms with van der Waals surface area (Å²) in [5, 5.41) is 3.69. The Bertz CT molecular complexity index is 461. The predicted octanol–water partition coefficient (Wildman–Crippen LogP) is 1.97. The van der Waals surface area contributed by atoms with E-state index in [1.165, 1.54) is 11.5 Å². The molecule has 1 aromatic heterocycles. The second kappa shape index (κ2) is 6.87. The van der Waals surface area contributed by atoms with Crippen molar-refractivity contribution < 1.29 is 4.79 Å². The molecule has 0 saturated heterocycles. The van der Waals surface area contributed by atoms with Crippen molar-refractivity contribution in [3.05, 3.63) is 5.82 Å². The Labute approximate surface area is 128 Å². The summed E-state index contributed by atoms with van der Waals surface area (Å²) < 4.78 is 5.31. The van der Waals surface area contributed by atoms with Crippen molar-refractivity contribution in [2.24, 2.45) is 5.73 Å². The largest absolute Gasteiger partial charge is 0.368 e. The van der Waals surface area contributed by atoms with Crippen LogP contribution in [0.4, 0.5) is 0 Å². The van der Waals surface area contributed by atoms with E-state index < -0.39 is 5.54 Å². The minimum Gasteiger partial charge on any atom is -0.368 e. The van der Waals surface area contributed by atoms with E-state index >= 15 is 0 Å². The molecule has 1 fully saturated rings. The number of aryl methyl sites for hydroxylation is 1. The van der Waals surface area contributed by atoms with Crippen LogP contribution in [0.1, 0.15) is 45.4 Å². The van der Waals surface area contributed by atoms with Crippen molar-refractivity contribution >= 4 is 29.2 Å². The molecule has 1 aliphatic carbocycles. The molecule has 0 radical (unpaired) electrons. The Morgan fingerprint density at radius 2 is 2.40 bits per heavy atom. The van der Waals surface area contributed by atoms with Gasteiger partial charge in [0.1, 0.15) is 5.82 Å².